The SMILES string of the molecule is c1ccc(-c2nc(-n3c4ccccc4c4cc5c6c7ccccc7ccc6n6c7ccccc7c(c43)c56)nc3c2ccc2ccccc23)cc1. The Labute approximate surface area is 285 Å². The molecule has 0 radical (unpaired) electrons. The van der Waals surface area contributed by atoms with E-state index in [2.05, 4.69) is 167 Å². The second-order valence-corrected chi connectivity index (χ2v) is 13.4. The maximum atomic E-state index is 5.49. The number of benzene rings is 8. The van der Waals surface area contributed by atoms with Crippen LogP contribution in [-0.2, 0) is 0 Å². The molecule has 0 aliphatic carbocycles. The molecule has 50 heavy (non-hydrogen) atoms. The highest BCUT2D eigenvalue weighted by atomic mass is 15.2. The Balaban J connectivity index is 1.34. The van der Waals surface area contributed by atoms with Gasteiger partial charge in [0.05, 0.1) is 38.8 Å². The second-order valence-electron chi connectivity index (χ2n) is 13.4. The lowest BCUT2D eigenvalue weighted by atomic mass is 10.00. The second kappa shape index (κ2) is 9.43. The molecule has 0 amide bonds. The third-order valence-corrected chi connectivity index (χ3v) is 10.8. The predicted octanol–water partition coefficient (Wildman–Crippen LogP) is 11.9. The number of nitrogens with zero attached hydrogens (tertiary/aromatic N) is 4. The van der Waals surface area contributed by atoms with Crippen LogP contribution in [-0.4, -0.2) is 18.9 Å². The van der Waals surface area contributed by atoms with E-state index in [1.807, 2.05) is 0 Å². The third kappa shape index (κ3) is 3.25. The Kier molecular flexibility index (Phi) is 4.94. The molecule has 0 aliphatic heterocycles. The predicted molar refractivity (Wildman–Crippen MR) is 209 cm³/mol. The molecule has 8 aromatic carbocycles. The van der Waals surface area contributed by atoms with E-state index in [0.717, 1.165) is 44.0 Å². The minimum Gasteiger partial charge on any atom is -0.308 e. The van der Waals surface area contributed by atoms with Crippen LogP contribution in [0.5, 0.6) is 0 Å². The van der Waals surface area contributed by atoms with Crippen molar-refractivity contribution in [2.24, 2.45) is 0 Å². The van der Waals surface area contributed by atoms with Crippen molar-refractivity contribution < 1.29 is 0 Å². The summed E-state index contributed by atoms with van der Waals surface area (Å²) in [5, 5.41) is 13.3. The third-order valence-electron chi connectivity index (χ3n) is 10.8. The summed E-state index contributed by atoms with van der Waals surface area (Å²) >= 11 is 0. The van der Waals surface area contributed by atoms with Crippen LogP contribution in [0.15, 0.2) is 158 Å². The maximum Gasteiger partial charge on any atom is 0.235 e. The molecule has 12 rings (SSSR count). The minimum atomic E-state index is 0.673. The molecule has 0 spiro atoms. The van der Waals surface area contributed by atoms with Gasteiger partial charge in [-0.2, -0.15) is 0 Å². The van der Waals surface area contributed by atoms with Gasteiger partial charge in [-0.3, -0.25) is 4.57 Å². The molecule has 230 valence electrons. The van der Waals surface area contributed by atoms with Gasteiger partial charge in [-0.05, 0) is 46.5 Å². The Morgan fingerprint density at radius 3 is 1.88 bits per heavy atom. The monoisotopic (exact) mass is 634 g/mol. The van der Waals surface area contributed by atoms with Crippen LogP contribution in [0, 0.1) is 0 Å². The summed E-state index contributed by atoms with van der Waals surface area (Å²) in [6.07, 6.45) is 0. The molecule has 4 aromatic heterocycles. The molecule has 0 fully saturated rings. The zero-order chi connectivity index (χ0) is 32.5. The topological polar surface area (TPSA) is 35.1 Å². The molecule has 0 atom stereocenters. The van der Waals surface area contributed by atoms with Crippen LogP contribution in [0.1, 0.15) is 0 Å². The summed E-state index contributed by atoms with van der Waals surface area (Å²) in [5.74, 6) is 0.673. The normalized spacial score (nSPS) is 12.4. The van der Waals surface area contributed by atoms with Crippen molar-refractivity contribution in [1.82, 2.24) is 18.9 Å². The van der Waals surface area contributed by atoms with E-state index >= 15 is 0 Å². The van der Waals surface area contributed by atoms with Crippen molar-refractivity contribution in [2.45, 2.75) is 0 Å². The molecule has 0 aliphatic rings. The van der Waals surface area contributed by atoms with Crippen molar-refractivity contribution in [3.8, 4) is 17.2 Å². The summed E-state index contributed by atoms with van der Waals surface area (Å²) in [6.45, 7) is 0. The number of hydrogen-bond donors (Lipinski definition) is 0. The number of rotatable bonds is 2. The average molecular weight is 635 g/mol. The first-order valence-corrected chi connectivity index (χ1v) is 17.1. The fourth-order valence-electron chi connectivity index (χ4n) is 8.75. The number of fused-ring (bicyclic) bond motifs is 15. The van der Waals surface area contributed by atoms with Gasteiger partial charge in [0, 0.05) is 48.7 Å². The summed E-state index contributed by atoms with van der Waals surface area (Å²) in [6, 6.07) is 56.7. The van der Waals surface area contributed by atoms with E-state index in [9.17, 15) is 0 Å². The standard InChI is InChI=1S/C46H26N4/c1-2-14-29(15-3-1)42-34-24-22-28-13-5-7-17-31(28)43(34)48-46(47-42)50-37-20-10-8-18-32(37)35-26-36-40-30-16-6-4-12-27(30)23-25-39(40)49-38-21-11-9-19-33(38)41(44(35)50)45(36)49/h1-26H. The molecule has 0 bridgehead atoms. The number of aromatic nitrogens is 4. The summed E-state index contributed by atoms with van der Waals surface area (Å²) in [7, 11) is 0. The molecule has 0 saturated heterocycles. The van der Waals surface area contributed by atoms with E-state index in [-0.39, 0.29) is 0 Å². The largest absolute Gasteiger partial charge is 0.308 e. The Morgan fingerprint density at radius 2 is 1.04 bits per heavy atom. The molecule has 12 aromatic rings. The first kappa shape index (κ1) is 26.2. The van der Waals surface area contributed by atoms with Gasteiger partial charge >= 0.3 is 0 Å². The zero-order valence-electron chi connectivity index (χ0n) is 26.8. The Bertz CT molecular complexity index is 3370. The van der Waals surface area contributed by atoms with Crippen LogP contribution in [0.25, 0.3) is 110 Å². The summed E-state index contributed by atoms with van der Waals surface area (Å²) in [4.78, 5) is 11.0. The molecule has 4 nitrogen and oxygen atoms in total. The van der Waals surface area contributed by atoms with E-state index in [0.29, 0.717) is 5.95 Å². The highest BCUT2D eigenvalue weighted by Gasteiger charge is 2.26. The van der Waals surface area contributed by atoms with Gasteiger partial charge in [0.25, 0.3) is 0 Å². The Hall–Kier alpha value is -6.78. The smallest absolute Gasteiger partial charge is 0.235 e. The summed E-state index contributed by atoms with van der Waals surface area (Å²) < 4.78 is 4.81. The van der Waals surface area contributed by atoms with E-state index in [1.165, 1.54) is 59.6 Å². The first-order valence-electron chi connectivity index (χ1n) is 17.1. The average Bonchev–Trinajstić information content (AvgIpc) is 3.82. The van der Waals surface area contributed by atoms with Crippen LogP contribution >= 0.6 is 0 Å². The molecule has 0 saturated carbocycles. The van der Waals surface area contributed by atoms with Gasteiger partial charge in [0.1, 0.15) is 0 Å². The lowest BCUT2D eigenvalue weighted by Gasteiger charge is -2.13. The van der Waals surface area contributed by atoms with Gasteiger partial charge in [0.15, 0.2) is 0 Å². The zero-order valence-corrected chi connectivity index (χ0v) is 26.8. The van der Waals surface area contributed by atoms with Crippen molar-refractivity contribution in [3.05, 3.63) is 158 Å². The van der Waals surface area contributed by atoms with Gasteiger partial charge in [-0.1, -0.05) is 127 Å². The number of hydrogen-bond acceptors (Lipinski definition) is 2. The maximum absolute atomic E-state index is 5.49. The fourth-order valence-corrected chi connectivity index (χ4v) is 8.75. The van der Waals surface area contributed by atoms with Crippen molar-refractivity contribution in [2.75, 3.05) is 0 Å². The Morgan fingerprint density at radius 1 is 0.380 bits per heavy atom. The molecule has 4 heteroatoms. The van der Waals surface area contributed by atoms with E-state index in [1.54, 1.807) is 0 Å². The van der Waals surface area contributed by atoms with Crippen LogP contribution in [0.4, 0.5) is 0 Å². The van der Waals surface area contributed by atoms with Gasteiger partial charge in [0.2, 0.25) is 5.95 Å². The minimum absolute atomic E-state index is 0.673. The lowest BCUT2D eigenvalue weighted by Crippen LogP contribution is -2.04. The van der Waals surface area contributed by atoms with Gasteiger partial charge < -0.3 is 4.40 Å². The van der Waals surface area contributed by atoms with Crippen molar-refractivity contribution in [1.29, 1.82) is 0 Å². The lowest BCUT2D eigenvalue weighted by molar-refractivity contribution is 1.02. The van der Waals surface area contributed by atoms with Gasteiger partial charge in [-0.15, -0.1) is 0 Å². The molecular formula is C46H26N4. The molecule has 0 unspecified atom stereocenters. The molecule has 4 heterocycles. The van der Waals surface area contributed by atoms with E-state index < -0.39 is 0 Å². The fraction of sp³-hybridized carbons (Fsp3) is 0. The van der Waals surface area contributed by atoms with Crippen molar-refractivity contribution in [3.63, 3.8) is 0 Å². The first-order chi connectivity index (χ1) is 24.8. The van der Waals surface area contributed by atoms with Crippen LogP contribution < -0.4 is 0 Å². The van der Waals surface area contributed by atoms with Crippen LogP contribution in [0.2, 0.25) is 0 Å². The summed E-state index contributed by atoms with van der Waals surface area (Å²) in [5.41, 5.74) is 8.86. The van der Waals surface area contributed by atoms with Gasteiger partial charge in [-0.25, -0.2) is 9.97 Å². The van der Waals surface area contributed by atoms with E-state index in [4.69, 9.17) is 9.97 Å². The number of para-hydroxylation sites is 2. The highest BCUT2D eigenvalue weighted by Crippen LogP contribution is 2.47. The molecular weight excluding hydrogens is 609 g/mol. The molecule has 0 N–H and O–H groups in total. The quantitative estimate of drug-likeness (QED) is 0.177. The van der Waals surface area contributed by atoms with Crippen molar-refractivity contribution >= 4 is 92.3 Å². The van der Waals surface area contributed by atoms with Crippen LogP contribution in [0.3, 0.4) is 0 Å². The highest BCUT2D eigenvalue weighted by molar-refractivity contribution is 6.36.